The van der Waals surface area contributed by atoms with E-state index in [1.807, 2.05) is 12.3 Å². The van der Waals surface area contributed by atoms with Crippen molar-refractivity contribution in [3.05, 3.63) is 77.1 Å². The van der Waals surface area contributed by atoms with Gasteiger partial charge in [0, 0.05) is 52.3 Å². The molecule has 0 aliphatic rings. The molecule has 0 saturated heterocycles. The summed E-state index contributed by atoms with van der Waals surface area (Å²) in [4.78, 5) is 19.3. The van der Waals surface area contributed by atoms with Gasteiger partial charge in [-0.2, -0.15) is 18.9 Å². The zero-order valence-corrected chi connectivity index (χ0v) is 16.4. The van der Waals surface area contributed by atoms with E-state index in [2.05, 4.69) is 20.4 Å². The molecular weight excluding hydrogens is 415 g/mol. The molecule has 6 nitrogen and oxygen atoms in total. The highest BCUT2D eigenvalue weighted by atomic mass is 32.1. The number of amides is 1. The van der Waals surface area contributed by atoms with Crippen molar-refractivity contribution >= 4 is 22.9 Å². The fourth-order valence-corrected chi connectivity index (χ4v) is 3.50. The van der Waals surface area contributed by atoms with Gasteiger partial charge in [0.05, 0.1) is 5.69 Å². The van der Waals surface area contributed by atoms with Crippen molar-refractivity contribution in [2.45, 2.75) is 13.3 Å². The molecule has 4 rings (SSSR count). The van der Waals surface area contributed by atoms with Crippen LogP contribution >= 0.6 is 11.3 Å². The molecule has 3 aromatic heterocycles. The Kier molecular flexibility index (Phi) is 5.32. The average Bonchev–Trinajstić information content (AvgIpc) is 3.37. The fraction of sp³-hybridized carbons (Fsp3) is 0.100. The number of rotatable bonds is 5. The number of carbonyl (C=O) groups is 1. The lowest BCUT2D eigenvalue weighted by molar-refractivity contribution is 0.102. The lowest BCUT2D eigenvalue weighted by Gasteiger charge is -2.08. The fourth-order valence-electron chi connectivity index (χ4n) is 2.93. The molecule has 0 saturated carbocycles. The molecule has 30 heavy (non-hydrogen) atoms. The Labute approximate surface area is 173 Å². The Morgan fingerprint density at radius 3 is 2.53 bits per heavy atom. The van der Waals surface area contributed by atoms with Crippen molar-refractivity contribution in [1.29, 1.82) is 0 Å². The predicted molar refractivity (Wildman–Crippen MR) is 106 cm³/mol. The van der Waals surface area contributed by atoms with E-state index in [9.17, 15) is 18.0 Å². The molecule has 0 radical (unpaired) electrons. The Hall–Kier alpha value is -3.53. The number of pyridine rings is 1. The van der Waals surface area contributed by atoms with Crippen LogP contribution in [0.3, 0.4) is 0 Å². The van der Waals surface area contributed by atoms with E-state index in [4.69, 9.17) is 0 Å². The van der Waals surface area contributed by atoms with Crippen molar-refractivity contribution in [2.24, 2.45) is 0 Å². The number of carbonyl (C=O) groups excluding carboxylic acids is 1. The van der Waals surface area contributed by atoms with Crippen molar-refractivity contribution in [3.8, 4) is 16.3 Å². The third kappa shape index (κ3) is 3.94. The van der Waals surface area contributed by atoms with Crippen LogP contribution in [0.25, 0.3) is 16.3 Å². The second-order valence-electron chi connectivity index (χ2n) is 6.25. The van der Waals surface area contributed by atoms with E-state index in [0.717, 1.165) is 18.2 Å². The number of thiazole rings is 1. The van der Waals surface area contributed by atoms with Gasteiger partial charge in [-0.1, -0.05) is 6.92 Å². The lowest BCUT2D eigenvalue weighted by atomic mass is 10.0. The summed E-state index contributed by atoms with van der Waals surface area (Å²) < 4.78 is 42.9. The molecule has 152 valence electrons. The van der Waals surface area contributed by atoms with E-state index < -0.39 is 23.6 Å². The summed E-state index contributed by atoms with van der Waals surface area (Å²) in [6.45, 7) is 1.91. The van der Waals surface area contributed by atoms with Crippen molar-refractivity contribution in [1.82, 2.24) is 19.7 Å². The van der Waals surface area contributed by atoms with E-state index in [1.54, 1.807) is 17.1 Å². The topological polar surface area (TPSA) is 72.7 Å². The minimum absolute atomic E-state index is 0.143. The smallest absolute Gasteiger partial charge is 0.255 e. The molecule has 4 aromatic rings. The molecule has 0 unspecified atom stereocenters. The minimum atomic E-state index is -1.12. The number of anilines is 1. The Bertz CT molecular complexity index is 1200. The molecular formula is C20H14F3N5OS. The molecule has 10 heteroatoms. The summed E-state index contributed by atoms with van der Waals surface area (Å²) in [5, 5.41) is 9.37. The summed E-state index contributed by atoms with van der Waals surface area (Å²) in [5.74, 6) is -3.60. The minimum Gasteiger partial charge on any atom is -0.322 e. The van der Waals surface area contributed by atoms with Gasteiger partial charge in [-0.25, -0.2) is 14.1 Å². The number of halogens is 3. The van der Waals surface area contributed by atoms with Crippen LogP contribution in [0.1, 0.15) is 23.0 Å². The second kappa shape index (κ2) is 8.07. The first-order valence-electron chi connectivity index (χ1n) is 8.87. The molecule has 0 aliphatic carbocycles. The van der Waals surface area contributed by atoms with Crippen LogP contribution in [0.4, 0.5) is 18.9 Å². The van der Waals surface area contributed by atoms with Crippen LogP contribution in [0.2, 0.25) is 0 Å². The summed E-state index contributed by atoms with van der Waals surface area (Å²) in [6, 6.07) is 5.75. The van der Waals surface area contributed by atoms with Crippen LogP contribution in [-0.2, 0) is 6.42 Å². The van der Waals surface area contributed by atoms with Crippen LogP contribution in [0, 0.1) is 17.7 Å². The van der Waals surface area contributed by atoms with Gasteiger partial charge in [0.1, 0.15) is 5.82 Å². The number of hydrogen-bond acceptors (Lipinski definition) is 5. The van der Waals surface area contributed by atoms with Gasteiger partial charge in [0.2, 0.25) is 17.0 Å². The van der Waals surface area contributed by atoms with E-state index in [-0.39, 0.29) is 11.3 Å². The van der Waals surface area contributed by atoms with Gasteiger partial charge >= 0.3 is 0 Å². The first kappa shape index (κ1) is 19.8. The van der Waals surface area contributed by atoms with Crippen LogP contribution in [0.5, 0.6) is 0 Å². The van der Waals surface area contributed by atoms with Crippen LogP contribution < -0.4 is 5.32 Å². The Balaban J connectivity index is 1.61. The van der Waals surface area contributed by atoms with Gasteiger partial charge in [-0.15, -0.1) is 11.3 Å². The van der Waals surface area contributed by atoms with Crippen LogP contribution in [0.15, 0.2) is 48.1 Å². The Morgan fingerprint density at radius 1 is 1.13 bits per heavy atom. The van der Waals surface area contributed by atoms with Gasteiger partial charge in [0.15, 0.2) is 0 Å². The maximum Gasteiger partial charge on any atom is 0.255 e. The largest absolute Gasteiger partial charge is 0.322 e. The van der Waals surface area contributed by atoms with Gasteiger partial charge < -0.3 is 5.32 Å². The van der Waals surface area contributed by atoms with Crippen molar-refractivity contribution in [2.75, 3.05) is 5.32 Å². The van der Waals surface area contributed by atoms with Crippen LogP contribution in [-0.4, -0.2) is 25.7 Å². The first-order chi connectivity index (χ1) is 14.4. The summed E-state index contributed by atoms with van der Waals surface area (Å²) >= 11 is 1.41. The first-order valence-corrected chi connectivity index (χ1v) is 9.75. The predicted octanol–water partition coefficient (Wildman–Crippen LogP) is 4.62. The van der Waals surface area contributed by atoms with Gasteiger partial charge in [0.25, 0.3) is 5.91 Å². The van der Waals surface area contributed by atoms with Gasteiger partial charge in [-0.05, 0) is 24.6 Å². The molecule has 0 bridgehead atoms. The lowest BCUT2D eigenvalue weighted by Crippen LogP contribution is -2.13. The summed E-state index contributed by atoms with van der Waals surface area (Å²) in [7, 11) is 0. The number of nitrogens with one attached hydrogen (secondary N) is 1. The molecule has 0 fully saturated rings. The maximum atomic E-state index is 14.9. The highest BCUT2D eigenvalue weighted by molar-refractivity contribution is 7.12. The van der Waals surface area contributed by atoms with E-state index in [1.165, 1.54) is 23.5 Å². The Morgan fingerprint density at radius 2 is 1.90 bits per heavy atom. The summed E-state index contributed by atoms with van der Waals surface area (Å²) in [6.07, 6.45) is 3.95. The highest BCUT2D eigenvalue weighted by Crippen LogP contribution is 2.29. The molecule has 0 atom stereocenters. The molecule has 1 amide bonds. The van der Waals surface area contributed by atoms with Crippen molar-refractivity contribution in [3.63, 3.8) is 0 Å². The molecule has 0 spiro atoms. The second-order valence-corrected chi connectivity index (χ2v) is 7.13. The zero-order valence-electron chi connectivity index (χ0n) is 15.6. The molecule has 1 aromatic carbocycles. The highest BCUT2D eigenvalue weighted by Gasteiger charge is 2.17. The normalized spacial score (nSPS) is 10.9. The number of hydrogen-bond donors (Lipinski definition) is 1. The quantitative estimate of drug-likeness (QED) is 0.470. The monoisotopic (exact) mass is 429 g/mol. The van der Waals surface area contributed by atoms with Gasteiger partial charge in [-0.3, -0.25) is 4.79 Å². The van der Waals surface area contributed by atoms with E-state index >= 15 is 0 Å². The summed E-state index contributed by atoms with van der Waals surface area (Å²) in [5.41, 5.74) is 1.50. The number of nitrogens with zero attached hydrogens (tertiary/aromatic N) is 4. The molecule has 1 N–H and O–H groups in total. The zero-order chi connectivity index (χ0) is 21.3. The van der Waals surface area contributed by atoms with Crippen molar-refractivity contribution < 1.29 is 18.0 Å². The third-order valence-corrected chi connectivity index (χ3v) is 5.04. The molecule has 0 aliphatic heterocycles. The average molecular weight is 429 g/mol. The molecule has 3 heterocycles. The maximum absolute atomic E-state index is 14.9. The number of aryl methyl sites for hydroxylation is 1. The third-order valence-electron chi connectivity index (χ3n) is 4.28. The number of aromatic nitrogens is 4. The van der Waals surface area contributed by atoms with E-state index in [0.29, 0.717) is 28.4 Å². The standard InChI is InChI=1S/C20H14F3N5OS/c1-2-16-14(10-28(27-16)20-24-5-6-30-20)13-4-3-12(9-15(13)21)25-19(29)11-7-17(22)26-18(23)8-11/h3-10H,2H2,1H3,(H,25,29). The SMILES string of the molecule is CCc1nn(-c2nccs2)cc1-c1ccc(NC(=O)c2cc(F)nc(F)c2)cc1F. The number of benzene rings is 1.